The first-order valence-electron chi connectivity index (χ1n) is 6.07. The molecule has 3 N–H and O–H groups in total. The molecule has 0 radical (unpaired) electrons. The highest BCUT2D eigenvalue weighted by Crippen LogP contribution is 2.25. The van der Waals surface area contributed by atoms with Crippen molar-refractivity contribution in [2.45, 2.75) is 46.1 Å². The predicted molar refractivity (Wildman–Crippen MR) is 81.5 cm³/mol. The van der Waals surface area contributed by atoms with Crippen LogP contribution in [0.25, 0.3) is 0 Å². The average Bonchev–Trinajstić information content (AvgIpc) is 2.72. The molecular formula is C12H20N4OS2. The third kappa shape index (κ3) is 3.94. The summed E-state index contributed by atoms with van der Waals surface area (Å²) in [4.78, 5) is 13.1. The minimum absolute atomic E-state index is 0.139. The third-order valence-electron chi connectivity index (χ3n) is 2.66. The van der Waals surface area contributed by atoms with Crippen LogP contribution >= 0.6 is 23.8 Å². The first-order chi connectivity index (χ1) is 8.64. The molecule has 1 atom stereocenters. The van der Waals surface area contributed by atoms with Gasteiger partial charge >= 0.3 is 0 Å². The van der Waals surface area contributed by atoms with Crippen LogP contribution < -0.4 is 11.1 Å². The molecule has 0 spiro atoms. The topological polar surface area (TPSA) is 80.9 Å². The molecule has 1 amide bonds. The van der Waals surface area contributed by atoms with Crippen molar-refractivity contribution in [1.29, 1.82) is 0 Å². The van der Waals surface area contributed by atoms with Crippen LogP contribution in [0.5, 0.6) is 0 Å². The molecule has 0 aromatic carbocycles. The SMILES string of the molecule is CC(C)C(NC(=O)c1snnc1C(C)(C)C)C(N)=S. The van der Waals surface area contributed by atoms with E-state index in [-0.39, 0.29) is 28.3 Å². The Morgan fingerprint density at radius 3 is 2.42 bits per heavy atom. The molecule has 1 aromatic heterocycles. The Bertz CT molecular complexity index is 476. The second kappa shape index (κ2) is 5.92. The molecule has 7 heteroatoms. The molecule has 1 rings (SSSR count). The van der Waals surface area contributed by atoms with Crippen LogP contribution in [-0.2, 0) is 5.41 Å². The molecule has 0 aliphatic heterocycles. The van der Waals surface area contributed by atoms with Gasteiger partial charge in [-0.25, -0.2) is 0 Å². The van der Waals surface area contributed by atoms with Crippen molar-refractivity contribution in [2.75, 3.05) is 0 Å². The van der Waals surface area contributed by atoms with Crippen molar-refractivity contribution in [3.8, 4) is 0 Å². The molecule has 0 aliphatic rings. The predicted octanol–water partition coefficient (Wildman–Crippen LogP) is 1.88. The number of aromatic nitrogens is 2. The second-order valence-electron chi connectivity index (χ2n) is 5.80. The van der Waals surface area contributed by atoms with Gasteiger partial charge in [0, 0.05) is 5.41 Å². The Morgan fingerprint density at radius 2 is 2.00 bits per heavy atom. The van der Waals surface area contributed by atoms with Crippen molar-refractivity contribution >= 4 is 34.6 Å². The monoisotopic (exact) mass is 300 g/mol. The molecule has 0 saturated carbocycles. The summed E-state index contributed by atoms with van der Waals surface area (Å²) in [6.07, 6.45) is 0. The van der Waals surface area contributed by atoms with Crippen molar-refractivity contribution in [1.82, 2.24) is 14.9 Å². The Balaban J connectivity index is 2.96. The highest BCUT2D eigenvalue weighted by atomic mass is 32.1. The maximum absolute atomic E-state index is 12.3. The highest BCUT2D eigenvalue weighted by Gasteiger charge is 2.28. The molecule has 1 heterocycles. The Kier molecular flexibility index (Phi) is 4.98. The summed E-state index contributed by atoms with van der Waals surface area (Å²) < 4.78 is 3.87. The maximum atomic E-state index is 12.3. The Labute approximate surface area is 123 Å². The quantitative estimate of drug-likeness (QED) is 0.830. The third-order valence-corrected chi connectivity index (χ3v) is 3.64. The number of amides is 1. The summed E-state index contributed by atoms with van der Waals surface area (Å²) >= 11 is 6.08. The molecule has 106 valence electrons. The highest BCUT2D eigenvalue weighted by molar-refractivity contribution is 7.80. The number of hydrogen-bond donors (Lipinski definition) is 2. The zero-order valence-corrected chi connectivity index (χ0v) is 13.5. The lowest BCUT2D eigenvalue weighted by molar-refractivity contribution is 0.0941. The van der Waals surface area contributed by atoms with Gasteiger partial charge in [0.1, 0.15) is 4.88 Å². The van der Waals surface area contributed by atoms with Crippen LogP contribution in [0.4, 0.5) is 0 Å². The lowest BCUT2D eigenvalue weighted by atomic mass is 9.91. The fourth-order valence-corrected chi connectivity index (χ4v) is 2.71. The van der Waals surface area contributed by atoms with E-state index in [0.29, 0.717) is 10.6 Å². The van der Waals surface area contributed by atoms with Crippen molar-refractivity contribution in [3.63, 3.8) is 0 Å². The van der Waals surface area contributed by atoms with E-state index in [0.717, 1.165) is 11.5 Å². The van der Waals surface area contributed by atoms with E-state index >= 15 is 0 Å². The molecule has 0 fully saturated rings. The summed E-state index contributed by atoms with van der Waals surface area (Å²) in [5.74, 6) is -0.0770. The smallest absolute Gasteiger partial charge is 0.265 e. The molecule has 5 nitrogen and oxygen atoms in total. The Hall–Kier alpha value is -1.08. The minimum atomic E-state index is -0.322. The normalized spacial score (nSPS) is 13.4. The van der Waals surface area contributed by atoms with Crippen LogP contribution in [0.2, 0.25) is 0 Å². The van der Waals surface area contributed by atoms with Crippen molar-refractivity contribution in [3.05, 3.63) is 10.6 Å². The van der Waals surface area contributed by atoms with Crippen LogP contribution in [-0.4, -0.2) is 26.5 Å². The van der Waals surface area contributed by atoms with E-state index in [1.54, 1.807) is 0 Å². The van der Waals surface area contributed by atoms with Crippen LogP contribution in [0.1, 0.15) is 50.0 Å². The largest absolute Gasteiger partial charge is 0.392 e. The van der Waals surface area contributed by atoms with Crippen LogP contribution in [0, 0.1) is 5.92 Å². The average molecular weight is 300 g/mol. The van der Waals surface area contributed by atoms with Crippen molar-refractivity contribution in [2.24, 2.45) is 11.7 Å². The number of thiocarbonyl (C=S) groups is 1. The fourth-order valence-electron chi connectivity index (χ4n) is 1.60. The molecule has 19 heavy (non-hydrogen) atoms. The lowest BCUT2D eigenvalue weighted by Crippen LogP contribution is -2.47. The van der Waals surface area contributed by atoms with Gasteiger partial charge in [0.05, 0.1) is 16.7 Å². The summed E-state index contributed by atoms with van der Waals surface area (Å²) in [7, 11) is 0. The number of nitrogens with zero attached hydrogens (tertiary/aromatic N) is 2. The molecule has 1 aromatic rings. The molecule has 0 bridgehead atoms. The minimum Gasteiger partial charge on any atom is -0.392 e. The fraction of sp³-hybridized carbons (Fsp3) is 0.667. The van der Waals surface area contributed by atoms with Gasteiger partial charge in [-0.2, -0.15) is 0 Å². The molecule has 0 aliphatic carbocycles. The van der Waals surface area contributed by atoms with Gasteiger partial charge in [0.15, 0.2) is 0 Å². The number of rotatable bonds is 4. The van der Waals surface area contributed by atoms with E-state index < -0.39 is 0 Å². The number of hydrogen-bond acceptors (Lipinski definition) is 5. The lowest BCUT2D eigenvalue weighted by Gasteiger charge is -2.22. The van der Waals surface area contributed by atoms with E-state index in [2.05, 4.69) is 14.9 Å². The van der Waals surface area contributed by atoms with Gasteiger partial charge in [0.2, 0.25) is 0 Å². The summed E-state index contributed by atoms with van der Waals surface area (Å²) in [5.41, 5.74) is 6.12. The molecular weight excluding hydrogens is 280 g/mol. The number of carbonyl (C=O) groups excluding carboxylic acids is 1. The summed E-state index contributed by atoms with van der Waals surface area (Å²) in [6.45, 7) is 9.90. The number of carbonyl (C=O) groups is 1. The Morgan fingerprint density at radius 1 is 1.42 bits per heavy atom. The molecule has 1 unspecified atom stereocenters. The summed E-state index contributed by atoms with van der Waals surface area (Å²) in [6, 6.07) is -0.322. The van der Waals surface area contributed by atoms with E-state index in [4.69, 9.17) is 18.0 Å². The van der Waals surface area contributed by atoms with Crippen LogP contribution in [0.15, 0.2) is 0 Å². The maximum Gasteiger partial charge on any atom is 0.265 e. The van der Waals surface area contributed by atoms with Gasteiger partial charge in [0.25, 0.3) is 5.91 Å². The zero-order chi connectivity index (χ0) is 14.8. The van der Waals surface area contributed by atoms with Crippen molar-refractivity contribution < 1.29 is 4.79 Å². The number of nitrogens with two attached hydrogens (primary N) is 1. The zero-order valence-electron chi connectivity index (χ0n) is 11.9. The van der Waals surface area contributed by atoms with Gasteiger partial charge < -0.3 is 11.1 Å². The van der Waals surface area contributed by atoms with Crippen LogP contribution in [0.3, 0.4) is 0 Å². The second-order valence-corrected chi connectivity index (χ2v) is 7.02. The van der Waals surface area contributed by atoms with E-state index in [9.17, 15) is 4.79 Å². The van der Waals surface area contributed by atoms with Gasteiger partial charge in [-0.3, -0.25) is 4.79 Å². The van der Waals surface area contributed by atoms with Gasteiger partial charge in [-0.15, -0.1) is 5.10 Å². The van der Waals surface area contributed by atoms with Gasteiger partial charge in [-0.1, -0.05) is 51.3 Å². The molecule has 0 saturated heterocycles. The van der Waals surface area contributed by atoms with E-state index in [1.165, 1.54) is 0 Å². The van der Waals surface area contributed by atoms with E-state index in [1.807, 2.05) is 34.6 Å². The van der Waals surface area contributed by atoms with Gasteiger partial charge in [-0.05, 0) is 17.5 Å². The standard InChI is InChI=1S/C12H20N4OS2/c1-6(2)7(10(13)18)14-11(17)8-9(12(3,4)5)15-16-19-8/h6-7H,1-5H3,(H2,13,18)(H,14,17). The number of nitrogens with one attached hydrogen (secondary N) is 1. The first kappa shape index (κ1) is 16.0. The summed E-state index contributed by atoms with van der Waals surface area (Å²) in [5, 5.41) is 6.91. The first-order valence-corrected chi connectivity index (χ1v) is 7.25.